The predicted octanol–water partition coefficient (Wildman–Crippen LogP) is 3.28. The van der Waals surface area contributed by atoms with Crippen molar-refractivity contribution in [1.82, 2.24) is 10.2 Å². The standard InChI is InChI=1S/C16H32N2/c1-4-10-17-16-9-6-13(3)11-14(16)12-18(5-2)15-7-8-15/h13-17H,4-12H2,1-3H3. The number of hydrogen-bond acceptors (Lipinski definition) is 2. The van der Waals surface area contributed by atoms with E-state index in [-0.39, 0.29) is 0 Å². The van der Waals surface area contributed by atoms with Crippen molar-refractivity contribution >= 4 is 0 Å². The molecule has 0 saturated heterocycles. The van der Waals surface area contributed by atoms with Crippen LogP contribution in [0.1, 0.15) is 59.3 Å². The van der Waals surface area contributed by atoms with Gasteiger partial charge in [-0.15, -0.1) is 0 Å². The lowest BCUT2D eigenvalue weighted by Crippen LogP contribution is -2.46. The molecule has 0 aromatic heterocycles. The van der Waals surface area contributed by atoms with Crippen molar-refractivity contribution in [3.63, 3.8) is 0 Å². The third-order valence-electron chi connectivity index (χ3n) is 4.84. The smallest absolute Gasteiger partial charge is 0.0108 e. The first-order valence-corrected chi connectivity index (χ1v) is 8.22. The zero-order valence-electron chi connectivity index (χ0n) is 12.6. The quantitative estimate of drug-likeness (QED) is 0.748. The lowest BCUT2D eigenvalue weighted by molar-refractivity contribution is 0.143. The van der Waals surface area contributed by atoms with E-state index in [1.807, 2.05) is 0 Å². The van der Waals surface area contributed by atoms with E-state index in [2.05, 4.69) is 31.0 Å². The zero-order valence-corrected chi connectivity index (χ0v) is 12.6. The number of hydrogen-bond donors (Lipinski definition) is 1. The van der Waals surface area contributed by atoms with Gasteiger partial charge in [0.1, 0.15) is 0 Å². The summed E-state index contributed by atoms with van der Waals surface area (Å²) in [5, 5.41) is 3.80. The summed E-state index contributed by atoms with van der Waals surface area (Å²) in [5.41, 5.74) is 0. The maximum absolute atomic E-state index is 3.80. The summed E-state index contributed by atoms with van der Waals surface area (Å²) >= 11 is 0. The summed E-state index contributed by atoms with van der Waals surface area (Å²) in [7, 11) is 0. The molecule has 2 nitrogen and oxygen atoms in total. The Labute approximate surface area is 114 Å². The first kappa shape index (κ1) is 14.3. The van der Waals surface area contributed by atoms with Gasteiger partial charge in [-0.3, -0.25) is 0 Å². The molecule has 0 aromatic rings. The average molecular weight is 252 g/mol. The molecule has 2 aliphatic carbocycles. The Balaban J connectivity index is 1.87. The second-order valence-electron chi connectivity index (χ2n) is 6.56. The first-order valence-electron chi connectivity index (χ1n) is 8.22. The molecule has 106 valence electrons. The molecule has 3 unspecified atom stereocenters. The van der Waals surface area contributed by atoms with Crippen LogP contribution >= 0.6 is 0 Å². The van der Waals surface area contributed by atoms with Gasteiger partial charge in [-0.2, -0.15) is 0 Å². The van der Waals surface area contributed by atoms with Gasteiger partial charge in [0, 0.05) is 18.6 Å². The van der Waals surface area contributed by atoms with E-state index in [1.54, 1.807) is 0 Å². The van der Waals surface area contributed by atoms with E-state index >= 15 is 0 Å². The van der Waals surface area contributed by atoms with Crippen LogP contribution < -0.4 is 5.32 Å². The normalized spacial score (nSPS) is 33.0. The van der Waals surface area contributed by atoms with Gasteiger partial charge in [0.15, 0.2) is 0 Å². The second-order valence-corrected chi connectivity index (χ2v) is 6.56. The molecular formula is C16H32N2. The van der Waals surface area contributed by atoms with Gasteiger partial charge in [0.05, 0.1) is 0 Å². The lowest BCUT2D eigenvalue weighted by atomic mass is 9.78. The fraction of sp³-hybridized carbons (Fsp3) is 1.00. The van der Waals surface area contributed by atoms with Gasteiger partial charge in [-0.1, -0.05) is 20.8 Å². The van der Waals surface area contributed by atoms with Crippen LogP contribution in [0, 0.1) is 11.8 Å². The first-order chi connectivity index (χ1) is 8.74. The molecule has 1 N–H and O–H groups in total. The van der Waals surface area contributed by atoms with Crippen molar-refractivity contribution in [3.05, 3.63) is 0 Å². The average Bonchev–Trinajstić information content (AvgIpc) is 3.19. The number of nitrogens with zero attached hydrogens (tertiary/aromatic N) is 1. The van der Waals surface area contributed by atoms with Gasteiger partial charge in [0.2, 0.25) is 0 Å². The second kappa shape index (κ2) is 6.91. The molecule has 18 heavy (non-hydrogen) atoms. The van der Waals surface area contributed by atoms with E-state index in [4.69, 9.17) is 0 Å². The van der Waals surface area contributed by atoms with Gasteiger partial charge in [-0.05, 0) is 63.5 Å². The summed E-state index contributed by atoms with van der Waals surface area (Å²) in [6.45, 7) is 10.8. The molecular weight excluding hydrogens is 220 g/mol. The highest BCUT2D eigenvalue weighted by Crippen LogP contribution is 2.33. The van der Waals surface area contributed by atoms with Crippen molar-refractivity contribution in [3.8, 4) is 0 Å². The van der Waals surface area contributed by atoms with E-state index in [0.717, 1.165) is 23.9 Å². The summed E-state index contributed by atoms with van der Waals surface area (Å²) < 4.78 is 0. The molecule has 2 rings (SSSR count). The highest BCUT2D eigenvalue weighted by Gasteiger charge is 2.34. The molecule has 0 spiro atoms. The molecule has 2 fully saturated rings. The van der Waals surface area contributed by atoms with Crippen molar-refractivity contribution < 1.29 is 0 Å². The molecule has 2 heteroatoms. The number of rotatable bonds is 7. The van der Waals surface area contributed by atoms with Crippen LogP contribution in [0.5, 0.6) is 0 Å². The molecule has 0 amide bonds. The van der Waals surface area contributed by atoms with Crippen molar-refractivity contribution in [2.45, 2.75) is 71.4 Å². The van der Waals surface area contributed by atoms with Crippen LogP contribution in [-0.2, 0) is 0 Å². The van der Waals surface area contributed by atoms with Gasteiger partial charge >= 0.3 is 0 Å². The van der Waals surface area contributed by atoms with Crippen LogP contribution in [-0.4, -0.2) is 36.6 Å². The minimum atomic E-state index is 0.786. The minimum Gasteiger partial charge on any atom is -0.314 e. The third kappa shape index (κ3) is 3.96. The Hall–Kier alpha value is -0.0800. The maximum atomic E-state index is 3.80. The van der Waals surface area contributed by atoms with Crippen molar-refractivity contribution in [2.24, 2.45) is 11.8 Å². The lowest BCUT2D eigenvalue weighted by Gasteiger charge is -2.38. The van der Waals surface area contributed by atoms with Crippen molar-refractivity contribution in [2.75, 3.05) is 19.6 Å². The summed E-state index contributed by atoms with van der Waals surface area (Å²) in [5.74, 6) is 1.83. The largest absolute Gasteiger partial charge is 0.314 e. The molecule has 0 aliphatic heterocycles. The Morgan fingerprint density at radius 1 is 1.11 bits per heavy atom. The van der Waals surface area contributed by atoms with Crippen LogP contribution in [0.2, 0.25) is 0 Å². The SMILES string of the molecule is CCCNC1CCC(C)CC1CN(CC)C1CC1. The number of nitrogens with one attached hydrogen (secondary N) is 1. The molecule has 2 aliphatic rings. The fourth-order valence-corrected chi connectivity index (χ4v) is 3.58. The predicted molar refractivity (Wildman–Crippen MR) is 78.9 cm³/mol. The molecule has 0 aromatic carbocycles. The fourth-order valence-electron chi connectivity index (χ4n) is 3.58. The maximum Gasteiger partial charge on any atom is 0.0108 e. The van der Waals surface area contributed by atoms with Crippen LogP contribution in [0.15, 0.2) is 0 Å². The zero-order chi connectivity index (χ0) is 13.0. The van der Waals surface area contributed by atoms with E-state index in [9.17, 15) is 0 Å². The van der Waals surface area contributed by atoms with Crippen molar-refractivity contribution in [1.29, 1.82) is 0 Å². The molecule has 0 radical (unpaired) electrons. The molecule has 0 bridgehead atoms. The Morgan fingerprint density at radius 3 is 2.50 bits per heavy atom. The topological polar surface area (TPSA) is 15.3 Å². The summed E-state index contributed by atoms with van der Waals surface area (Å²) in [6.07, 6.45) is 8.41. The van der Waals surface area contributed by atoms with Gasteiger partial charge in [0.25, 0.3) is 0 Å². The molecule has 2 saturated carbocycles. The minimum absolute atomic E-state index is 0.786. The van der Waals surface area contributed by atoms with Gasteiger partial charge < -0.3 is 10.2 Å². The Bertz CT molecular complexity index is 235. The summed E-state index contributed by atoms with van der Waals surface area (Å²) in [4.78, 5) is 2.74. The third-order valence-corrected chi connectivity index (χ3v) is 4.84. The van der Waals surface area contributed by atoms with Crippen LogP contribution in [0.3, 0.4) is 0 Å². The monoisotopic (exact) mass is 252 g/mol. The molecule has 3 atom stereocenters. The van der Waals surface area contributed by atoms with E-state index in [0.29, 0.717) is 0 Å². The highest BCUT2D eigenvalue weighted by atomic mass is 15.2. The molecule has 0 heterocycles. The van der Waals surface area contributed by atoms with Crippen LogP contribution in [0.4, 0.5) is 0 Å². The Kier molecular flexibility index (Phi) is 5.50. The van der Waals surface area contributed by atoms with Crippen LogP contribution in [0.25, 0.3) is 0 Å². The van der Waals surface area contributed by atoms with E-state index < -0.39 is 0 Å². The van der Waals surface area contributed by atoms with E-state index in [1.165, 1.54) is 58.2 Å². The van der Waals surface area contributed by atoms with Gasteiger partial charge in [-0.25, -0.2) is 0 Å². The summed E-state index contributed by atoms with van der Waals surface area (Å²) in [6, 6.07) is 1.72. The highest BCUT2D eigenvalue weighted by molar-refractivity contribution is 4.90. The Morgan fingerprint density at radius 2 is 1.89 bits per heavy atom.